The van der Waals surface area contributed by atoms with E-state index < -0.39 is 6.04 Å². The third-order valence-corrected chi connectivity index (χ3v) is 5.44. The first-order valence-corrected chi connectivity index (χ1v) is 10.1. The van der Waals surface area contributed by atoms with Crippen molar-refractivity contribution in [1.82, 2.24) is 0 Å². The minimum atomic E-state index is -0.681. The molecule has 1 atom stereocenters. The van der Waals surface area contributed by atoms with Gasteiger partial charge in [0.1, 0.15) is 5.75 Å². The third kappa shape index (κ3) is 6.21. The maximum atomic E-state index is 12.6. The molecule has 0 aliphatic heterocycles. The van der Waals surface area contributed by atoms with Crippen LogP contribution in [-0.2, 0) is 16.0 Å². The minimum absolute atomic E-state index is 0. The number of aryl methyl sites for hydroxylation is 1. The van der Waals surface area contributed by atoms with Crippen molar-refractivity contribution in [1.29, 1.82) is 0 Å². The van der Waals surface area contributed by atoms with Gasteiger partial charge in [-0.25, -0.2) is 0 Å². The number of methoxy groups -OCH3 is 1. The van der Waals surface area contributed by atoms with Crippen molar-refractivity contribution in [3.8, 4) is 5.75 Å². The van der Waals surface area contributed by atoms with Gasteiger partial charge in [-0.3, -0.25) is 9.59 Å². The predicted octanol–water partition coefficient (Wildman–Crippen LogP) is 4.06. The molecule has 6 nitrogen and oxygen atoms in total. The second-order valence-electron chi connectivity index (χ2n) is 7.65. The topological polar surface area (TPSA) is 93.4 Å². The van der Waals surface area contributed by atoms with Crippen LogP contribution in [0.3, 0.4) is 0 Å². The number of amides is 2. The van der Waals surface area contributed by atoms with Crippen LogP contribution in [-0.4, -0.2) is 25.0 Å². The van der Waals surface area contributed by atoms with E-state index >= 15 is 0 Å². The van der Waals surface area contributed by atoms with E-state index in [1.807, 2.05) is 43.3 Å². The lowest BCUT2D eigenvalue weighted by Crippen LogP contribution is -2.37. The number of hydrogen-bond donors (Lipinski definition) is 3. The number of halogens is 1. The van der Waals surface area contributed by atoms with Gasteiger partial charge in [0.25, 0.3) is 0 Å². The molecule has 2 amide bonds. The van der Waals surface area contributed by atoms with Gasteiger partial charge in [0.15, 0.2) is 0 Å². The zero-order valence-corrected chi connectivity index (χ0v) is 18.3. The minimum Gasteiger partial charge on any atom is -0.497 e. The van der Waals surface area contributed by atoms with Gasteiger partial charge >= 0.3 is 0 Å². The fourth-order valence-electron chi connectivity index (χ4n) is 3.60. The first kappa shape index (κ1) is 23.7. The van der Waals surface area contributed by atoms with E-state index in [1.165, 1.54) is 0 Å². The molecule has 162 valence electrons. The highest BCUT2D eigenvalue weighted by molar-refractivity contribution is 5.97. The lowest BCUT2D eigenvalue weighted by Gasteiger charge is -2.16. The van der Waals surface area contributed by atoms with E-state index in [0.717, 1.165) is 42.6 Å². The van der Waals surface area contributed by atoms with Crippen LogP contribution in [0.1, 0.15) is 36.8 Å². The Morgan fingerprint density at radius 3 is 2.40 bits per heavy atom. The Balaban J connectivity index is 0.00000320. The Kier molecular flexibility index (Phi) is 8.69. The van der Waals surface area contributed by atoms with E-state index in [9.17, 15) is 9.59 Å². The van der Waals surface area contributed by atoms with Gasteiger partial charge in [-0.2, -0.15) is 0 Å². The molecule has 0 spiro atoms. The Hall–Kier alpha value is -2.57. The van der Waals surface area contributed by atoms with Crippen LogP contribution in [0.5, 0.6) is 5.75 Å². The van der Waals surface area contributed by atoms with Crippen molar-refractivity contribution in [2.24, 2.45) is 11.7 Å². The Morgan fingerprint density at radius 1 is 1.10 bits per heavy atom. The van der Waals surface area contributed by atoms with E-state index in [-0.39, 0.29) is 30.1 Å². The highest BCUT2D eigenvalue weighted by Crippen LogP contribution is 2.27. The molecule has 3 rings (SSSR count). The van der Waals surface area contributed by atoms with E-state index in [2.05, 4.69) is 10.6 Å². The molecule has 0 heterocycles. The lowest BCUT2D eigenvalue weighted by atomic mass is 10.1. The molecule has 1 aliphatic carbocycles. The average molecular weight is 432 g/mol. The van der Waals surface area contributed by atoms with Crippen LogP contribution < -0.4 is 21.1 Å². The molecule has 0 unspecified atom stereocenters. The Bertz CT molecular complexity index is 864. The second-order valence-corrected chi connectivity index (χ2v) is 7.65. The van der Waals surface area contributed by atoms with Gasteiger partial charge in [0, 0.05) is 17.3 Å². The molecule has 30 heavy (non-hydrogen) atoms. The molecule has 1 aliphatic rings. The van der Waals surface area contributed by atoms with Crippen molar-refractivity contribution in [3.05, 3.63) is 53.6 Å². The van der Waals surface area contributed by atoms with Crippen molar-refractivity contribution in [3.63, 3.8) is 0 Å². The lowest BCUT2D eigenvalue weighted by molar-refractivity contribution is -0.119. The summed E-state index contributed by atoms with van der Waals surface area (Å²) in [6.45, 7) is 1.91. The quantitative estimate of drug-likeness (QED) is 0.616. The third-order valence-electron chi connectivity index (χ3n) is 5.44. The summed E-state index contributed by atoms with van der Waals surface area (Å²) < 4.78 is 5.14. The molecule has 1 fully saturated rings. The maximum absolute atomic E-state index is 12.6. The monoisotopic (exact) mass is 431 g/mol. The first-order valence-electron chi connectivity index (χ1n) is 10.1. The fourth-order valence-corrected chi connectivity index (χ4v) is 3.60. The molecule has 1 saturated carbocycles. The number of benzene rings is 2. The first-order chi connectivity index (χ1) is 14.0. The van der Waals surface area contributed by atoms with Gasteiger partial charge in [0.2, 0.25) is 11.8 Å². The summed E-state index contributed by atoms with van der Waals surface area (Å²) in [5, 5.41) is 5.87. The second kappa shape index (κ2) is 11.0. The summed E-state index contributed by atoms with van der Waals surface area (Å²) >= 11 is 0. The maximum Gasteiger partial charge on any atom is 0.241 e. The summed E-state index contributed by atoms with van der Waals surface area (Å²) in [4.78, 5) is 24.9. The SMILES string of the molecule is COc1ccc(C[C@H](N)C(=O)Nc2cc(NC(=O)C3CCCC3)ccc2C)cc1.Cl. The van der Waals surface area contributed by atoms with Crippen molar-refractivity contribution in [2.75, 3.05) is 17.7 Å². The molecular formula is C23H30ClN3O3. The fraction of sp³-hybridized carbons (Fsp3) is 0.391. The average Bonchev–Trinajstić information content (AvgIpc) is 3.26. The van der Waals surface area contributed by atoms with Gasteiger partial charge in [0.05, 0.1) is 13.2 Å². The Morgan fingerprint density at radius 2 is 1.77 bits per heavy atom. The number of hydrogen-bond acceptors (Lipinski definition) is 4. The standard InChI is InChI=1S/C23H29N3O3.ClH/c1-15-7-10-18(25-22(27)17-5-3-4-6-17)14-21(15)26-23(28)20(24)13-16-8-11-19(29-2)12-9-16;/h7-12,14,17,20H,3-6,13,24H2,1-2H3,(H,25,27)(H,26,28);1H/t20-;/m0./s1. The molecule has 0 bridgehead atoms. The molecule has 0 saturated heterocycles. The van der Waals surface area contributed by atoms with E-state index in [0.29, 0.717) is 17.8 Å². The van der Waals surface area contributed by atoms with Crippen LogP contribution in [0.25, 0.3) is 0 Å². The number of nitrogens with two attached hydrogens (primary N) is 1. The van der Waals surface area contributed by atoms with Crippen molar-refractivity contribution >= 4 is 35.6 Å². The smallest absolute Gasteiger partial charge is 0.241 e. The summed E-state index contributed by atoms with van der Waals surface area (Å²) in [6, 6.07) is 12.3. The van der Waals surface area contributed by atoms with E-state index in [4.69, 9.17) is 10.5 Å². The molecule has 0 aromatic heterocycles. The van der Waals surface area contributed by atoms with E-state index in [1.54, 1.807) is 13.2 Å². The molecule has 4 N–H and O–H groups in total. The Labute approximate surface area is 184 Å². The van der Waals surface area contributed by atoms with Gasteiger partial charge in [-0.05, 0) is 61.6 Å². The number of carbonyl (C=O) groups excluding carboxylic acids is 2. The zero-order valence-electron chi connectivity index (χ0n) is 17.4. The summed E-state index contributed by atoms with van der Waals surface area (Å²) in [5.74, 6) is 0.647. The molecule has 0 radical (unpaired) electrons. The summed E-state index contributed by atoms with van der Waals surface area (Å²) in [6.07, 6.45) is 4.54. The van der Waals surface area contributed by atoms with Crippen LogP contribution >= 0.6 is 12.4 Å². The summed E-state index contributed by atoms with van der Waals surface area (Å²) in [7, 11) is 1.61. The largest absolute Gasteiger partial charge is 0.497 e. The predicted molar refractivity (Wildman–Crippen MR) is 122 cm³/mol. The van der Waals surface area contributed by atoms with Crippen LogP contribution in [0, 0.1) is 12.8 Å². The molecule has 2 aromatic carbocycles. The number of rotatable bonds is 7. The molecular weight excluding hydrogens is 402 g/mol. The normalized spacial score (nSPS) is 14.5. The molecule has 7 heteroatoms. The molecule has 2 aromatic rings. The van der Waals surface area contributed by atoms with Crippen LogP contribution in [0.2, 0.25) is 0 Å². The number of carbonyl (C=O) groups is 2. The number of anilines is 2. The van der Waals surface area contributed by atoms with Crippen molar-refractivity contribution in [2.45, 2.75) is 45.1 Å². The van der Waals surface area contributed by atoms with Crippen molar-refractivity contribution < 1.29 is 14.3 Å². The van der Waals surface area contributed by atoms with Gasteiger partial charge in [-0.15, -0.1) is 12.4 Å². The summed E-state index contributed by atoms with van der Waals surface area (Å²) in [5.41, 5.74) is 9.32. The highest BCUT2D eigenvalue weighted by Gasteiger charge is 2.23. The zero-order chi connectivity index (χ0) is 20.8. The number of ether oxygens (including phenoxy) is 1. The number of nitrogens with one attached hydrogen (secondary N) is 2. The van der Waals surface area contributed by atoms with Crippen LogP contribution in [0.4, 0.5) is 11.4 Å². The van der Waals surface area contributed by atoms with Gasteiger partial charge in [-0.1, -0.05) is 31.0 Å². The van der Waals surface area contributed by atoms with Crippen LogP contribution in [0.15, 0.2) is 42.5 Å². The highest BCUT2D eigenvalue weighted by atomic mass is 35.5. The van der Waals surface area contributed by atoms with Gasteiger partial charge < -0.3 is 21.1 Å².